The van der Waals surface area contributed by atoms with Gasteiger partial charge in [0.25, 0.3) is 5.97 Å². The zero-order valence-corrected chi connectivity index (χ0v) is 12.8. The van der Waals surface area contributed by atoms with Crippen LogP contribution in [0.5, 0.6) is 0 Å². The summed E-state index contributed by atoms with van der Waals surface area (Å²) in [5, 5.41) is 9.00. The lowest BCUT2D eigenvalue weighted by Crippen LogP contribution is -2.50. The summed E-state index contributed by atoms with van der Waals surface area (Å²) >= 11 is 4.20. The van der Waals surface area contributed by atoms with E-state index in [2.05, 4.69) is 19.2 Å². The molecule has 1 aliphatic heterocycles. The third-order valence-electron chi connectivity index (χ3n) is 2.72. The fourth-order valence-corrected chi connectivity index (χ4v) is 2.88. The van der Waals surface area contributed by atoms with Crippen LogP contribution < -0.4 is 0 Å². The number of hydrogen-bond acceptors (Lipinski definition) is 5. The molecule has 1 fully saturated rings. The first-order valence-corrected chi connectivity index (χ1v) is 9.67. The van der Waals surface area contributed by atoms with Crippen LogP contribution in [0.25, 0.3) is 0 Å². The highest BCUT2D eigenvalue weighted by Crippen LogP contribution is 2.26. The highest BCUT2D eigenvalue weighted by molar-refractivity contribution is 7.80. The molecule has 0 bridgehead atoms. The van der Waals surface area contributed by atoms with E-state index in [4.69, 9.17) is 19.3 Å². The van der Waals surface area contributed by atoms with Crippen molar-refractivity contribution >= 4 is 21.4 Å². The van der Waals surface area contributed by atoms with Gasteiger partial charge in [-0.3, -0.25) is 0 Å². The second kappa shape index (κ2) is 7.76. The van der Waals surface area contributed by atoms with Crippen molar-refractivity contribution in [1.82, 2.24) is 0 Å². The Balaban J connectivity index is 2.47. The quantitative estimate of drug-likeness (QED) is 0.539. The zero-order valence-electron chi connectivity index (χ0n) is 10.7. The molecule has 0 aliphatic carbocycles. The van der Waals surface area contributed by atoms with Gasteiger partial charge in [0.15, 0.2) is 0 Å². The van der Waals surface area contributed by atoms with E-state index in [9.17, 15) is 0 Å². The lowest BCUT2D eigenvalue weighted by atomic mass is 10.2. The number of ether oxygens (including phenoxy) is 3. The Morgan fingerprint density at radius 2 is 2.12 bits per heavy atom. The molecule has 102 valence electrons. The summed E-state index contributed by atoms with van der Waals surface area (Å²) in [5.41, 5.74) is 0. The van der Waals surface area contributed by atoms with E-state index in [1.165, 1.54) is 0 Å². The van der Waals surface area contributed by atoms with Gasteiger partial charge in [0.1, 0.15) is 0 Å². The summed E-state index contributed by atoms with van der Waals surface area (Å²) in [6.45, 7) is 4.73. The molecular weight excluding hydrogens is 256 g/mol. The van der Waals surface area contributed by atoms with Crippen LogP contribution in [-0.4, -0.2) is 51.3 Å². The number of rotatable bonds is 7. The van der Waals surface area contributed by atoms with Crippen molar-refractivity contribution in [1.29, 1.82) is 0 Å². The minimum atomic E-state index is -0.883. The molecule has 0 saturated carbocycles. The second-order valence-electron chi connectivity index (χ2n) is 4.84. The first-order chi connectivity index (χ1) is 8.12. The van der Waals surface area contributed by atoms with Gasteiger partial charge in [0, 0.05) is 31.4 Å². The van der Waals surface area contributed by atoms with Crippen molar-refractivity contribution < 1.29 is 19.3 Å². The van der Waals surface area contributed by atoms with Gasteiger partial charge in [-0.2, -0.15) is 12.6 Å². The Morgan fingerprint density at radius 3 is 2.65 bits per heavy atom. The highest BCUT2D eigenvalue weighted by atomic mass is 32.1. The monoisotopic (exact) mass is 280 g/mol. The van der Waals surface area contributed by atoms with Crippen molar-refractivity contribution in [2.75, 3.05) is 31.4 Å². The topological polar surface area (TPSA) is 47.9 Å². The summed E-state index contributed by atoms with van der Waals surface area (Å²) in [6, 6.07) is 0. The lowest BCUT2D eigenvalue weighted by Gasteiger charge is -2.39. The van der Waals surface area contributed by atoms with Crippen LogP contribution >= 0.6 is 12.6 Å². The number of aliphatic hydroxyl groups is 1. The molecule has 1 rings (SSSR count). The third kappa shape index (κ3) is 5.28. The SMILES string of the molecule is CC(CO)COC1(CCCS)OC[SiH](C)CO1. The molecule has 6 heteroatoms. The maximum absolute atomic E-state index is 9.00. The molecule has 0 aromatic heterocycles. The molecule has 0 aromatic carbocycles. The lowest BCUT2D eigenvalue weighted by molar-refractivity contribution is -0.383. The van der Waals surface area contributed by atoms with Crippen LogP contribution in [0.3, 0.4) is 0 Å². The molecule has 1 aliphatic rings. The van der Waals surface area contributed by atoms with Gasteiger partial charge in [-0.15, -0.1) is 0 Å². The van der Waals surface area contributed by atoms with Crippen LogP contribution in [0.15, 0.2) is 0 Å². The van der Waals surface area contributed by atoms with Crippen LogP contribution in [0.1, 0.15) is 19.8 Å². The normalized spacial score (nSPS) is 31.4. The summed E-state index contributed by atoms with van der Waals surface area (Å²) in [6.07, 6.45) is 3.18. The molecule has 0 aromatic rings. The standard InChI is InChI=1S/C11H24O4SSi/c1-10(6-12)7-13-11(4-3-5-16)14-8-17(2)9-15-11/h10,12,16-17H,3-9H2,1-2H3. The maximum Gasteiger partial charge on any atom is 0.282 e. The Kier molecular flexibility index (Phi) is 7.06. The Hall–Kier alpha value is 0.407. The van der Waals surface area contributed by atoms with E-state index in [-0.39, 0.29) is 12.5 Å². The largest absolute Gasteiger partial charge is 0.396 e. The van der Waals surface area contributed by atoms with Crippen LogP contribution in [0, 0.1) is 5.92 Å². The average molecular weight is 280 g/mol. The van der Waals surface area contributed by atoms with E-state index in [0.29, 0.717) is 13.0 Å². The molecule has 0 amide bonds. The maximum atomic E-state index is 9.00. The smallest absolute Gasteiger partial charge is 0.282 e. The predicted octanol–water partition coefficient (Wildman–Crippen LogP) is 0.977. The van der Waals surface area contributed by atoms with E-state index in [1.807, 2.05) is 6.92 Å². The first-order valence-electron chi connectivity index (χ1n) is 6.25. The van der Waals surface area contributed by atoms with Crippen molar-refractivity contribution in [3.05, 3.63) is 0 Å². The molecular formula is C11H24O4SSi. The van der Waals surface area contributed by atoms with E-state index >= 15 is 0 Å². The average Bonchev–Trinajstić information content (AvgIpc) is 2.36. The molecule has 0 spiro atoms. The van der Waals surface area contributed by atoms with Crippen LogP contribution in [0.4, 0.5) is 0 Å². The number of aliphatic hydroxyl groups excluding tert-OH is 1. The molecule has 1 atom stereocenters. The Labute approximate surface area is 111 Å². The van der Waals surface area contributed by atoms with Crippen LogP contribution in [-0.2, 0) is 14.2 Å². The fourth-order valence-electron chi connectivity index (χ4n) is 1.55. The first kappa shape index (κ1) is 15.5. The minimum absolute atomic E-state index is 0.103. The van der Waals surface area contributed by atoms with Gasteiger partial charge in [-0.05, 0) is 12.2 Å². The van der Waals surface area contributed by atoms with Crippen molar-refractivity contribution in [2.24, 2.45) is 5.92 Å². The van der Waals surface area contributed by atoms with E-state index in [1.54, 1.807) is 0 Å². The summed E-state index contributed by atoms with van der Waals surface area (Å²) in [4.78, 5) is 0. The molecule has 1 heterocycles. The molecule has 0 radical (unpaired) electrons. The third-order valence-corrected chi connectivity index (χ3v) is 4.50. The fraction of sp³-hybridized carbons (Fsp3) is 1.00. The molecule has 1 N–H and O–H groups in total. The van der Waals surface area contributed by atoms with Gasteiger partial charge >= 0.3 is 0 Å². The Morgan fingerprint density at radius 1 is 1.47 bits per heavy atom. The minimum Gasteiger partial charge on any atom is -0.396 e. The predicted molar refractivity (Wildman–Crippen MR) is 72.9 cm³/mol. The summed E-state index contributed by atoms with van der Waals surface area (Å²) in [7, 11) is -0.860. The van der Waals surface area contributed by atoms with Gasteiger partial charge in [-0.1, -0.05) is 13.5 Å². The summed E-state index contributed by atoms with van der Waals surface area (Å²) < 4.78 is 17.3. The van der Waals surface area contributed by atoms with E-state index in [0.717, 1.165) is 24.6 Å². The summed E-state index contributed by atoms with van der Waals surface area (Å²) in [5.74, 6) is 0.0122. The van der Waals surface area contributed by atoms with Crippen LogP contribution in [0.2, 0.25) is 6.55 Å². The van der Waals surface area contributed by atoms with Crippen molar-refractivity contribution in [3.8, 4) is 0 Å². The molecule has 1 unspecified atom stereocenters. The highest BCUT2D eigenvalue weighted by Gasteiger charge is 2.38. The Bertz CT molecular complexity index is 204. The van der Waals surface area contributed by atoms with Crippen molar-refractivity contribution in [2.45, 2.75) is 32.3 Å². The van der Waals surface area contributed by atoms with Crippen molar-refractivity contribution in [3.63, 3.8) is 0 Å². The van der Waals surface area contributed by atoms with Gasteiger partial charge < -0.3 is 19.3 Å². The molecule has 17 heavy (non-hydrogen) atoms. The van der Waals surface area contributed by atoms with Gasteiger partial charge in [-0.25, -0.2) is 0 Å². The zero-order chi connectivity index (χ0) is 12.7. The molecule has 1 saturated heterocycles. The van der Waals surface area contributed by atoms with Gasteiger partial charge in [0.2, 0.25) is 0 Å². The number of thiol groups is 1. The van der Waals surface area contributed by atoms with E-state index < -0.39 is 14.8 Å². The second-order valence-corrected chi connectivity index (χ2v) is 8.16. The number of hydrogen-bond donors (Lipinski definition) is 2. The molecule has 4 nitrogen and oxygen atoms in total. The van der Waals surface area contributed by atoms with Gasteiger partial charge in [0.05, 0.1) is 15.4 Å².